The largest absolute Gasteiger partial charge is 0.317 e. The van der Waals surface area contributed by atoms with Crippen LogP contribution in [0.1, 0.15) is 24.6 Å². The molecule has 0 amide bonds. The number of nitrogens with one attached hydrogen (secondary N) is 1. The molecule has 0 saturated carbocycles. The van der Waals surface area contributed by atoms with Crippen LogP contribution in [0, 0.1) is 0 Å². The van der Waals surface area contributed by atoms with Gasteiger partial charge in [-0.25, -0.2) is 0 Å². The standard InChI is InChI=1S/C8H11N5S/c1-3-9-4-2-6(1)7-11-12-8-13(7)10-5-14-8/h5-6,9H,1-4H2. The Hall–Kier alpha value is -1.01. The molecule has 0 atom stereocenters. The molecule has 1 aliphatic rings. The van der Waals surface area contributed by atoms with E-state index in [0.29, 0.717) is 5.92 Å². The summed E-state index contributed by atoms with van der Waals surface area (Å²) in [4.78, 5) is 0.901. The molecule has 1 aliphatic heterocycles. The zero-order chi connectivity index (χ0) is 9.38. The maximum Gasteiger partial charge on any atom is 0.234 e. The molecule has 1 fully saturated rings. The fourth-order valence-corrected chi connectivity index (χ4v) is 2.48. The molecule has 1 N–H and O–H groups in total. The maximum absolute atomic E-state index is 4.24. The molecule has 6 heteroatoms. The molecule has 0 spiro atoms. The summed E-state index contributed by atoms with van der Waals surface area (Å²) in [5.74, 6) is 1.55. The van der Waals surface area contributed by atoms with Crippen LogP contribution in [-0.4, -0.2) is 32.9 Å². The lowest BCUT2D eigenvalue weighted by atomic mass is 9.98. The van der Waals surface area contributed by atoms with Crippen molar-refractivity contribution in [2.45, 2.75) is 18.8 Å². The summed E-state index contributed by atoms with van der Waals surface area (Å²) in [5.41, 5.74) is 1.81. The van der Waals surface area contributed by atoms with Crippen molar-refractivity contribution in [2.24, 2.45) is 0 Å². The van der Waals surface area contributed by atoms with Gasteiger partial charge < -0.3 is 5.32 Å². The van der Waals surface area contributed by atoms with Crippen molar-refractivity contribution in [1.29, 1.82) is 0 Å². The molecule has 2 aromatic heterocycles. The summed E-state index contributed by atoms with van der Waals surface area (Å²) >= 11 is 1.53. The number of hydrogen-bond acceptors (Lipinski definition) is 5. The van der Waals surface area contributed by atoms with Gasteiger partial charge in [0.2, 0.25) is 4.96 Å². The average molecular weight is 209 g/mol. The molecule has 3 rings (SSSR count). The monoisotopic (exact) mass is 209 g/mol. The van der Waals surface area contributed by atoms with E-state index in [-0.39, 0.29) is 0 Å². The van der Waals surface area contributed by atoms with E-state index in [4.69, 9.17) is 0 Å². The van der Waals surface area contributed by atoms with Crippen molar-refractivity contribution in [3.63, 3.8) is 0 Å². The molecule has 74 valence electrons. The van der Waals surface area contributed by atoms with Gasteiger partial charge in [-0.3, -0.25) is 0 Å². The normalized spacial score (nSPS) is 19.1. The minimum atomic E-state index is 0.522. The molecule has 0 aliphatic carbocycles. The molecule has 0 radical (unpaired) electrons. The maximum atomic E-state index is 4.24. The Bertz CT molecular complexity index is 428. The molecule has 3 heterocycles. The number of piperidine rings is 1. The molecule has 0 aromatic carbocycles. The molecule has 2 aromatic rings. The lowest BCUT2D eigenvalue weighted by Gasteiger charge is -2.20. The first-order valence-corrected chi connectivity index (χ1v) is 5.68. The first-order valence-electron chi connectivity index (χ1n) is 4.80. The number of fused-ring (bicyclic) bond motifs is 1. The van der Waals surface area contributed by atoms with Crippen LogP contribution >= 0.6 is 11.3 Å². The summed E-state index contributed by atoms with van der Waals surface area (Å²) < 4.78 is 1.88. The third-order valence-corrected chi connectivity index (χ3v) is 3.33. The van der Waals surface area contributed by atoms with Crippen LogP contribution < -0.4 is 5.32 Å². The highest BCUT2D eigenvalue weighted by Gasteiger charge is 2.21. The van der Waals surface area contributed by atoms with Crippen LogP contribution in [0.15, 0.2) is 5.51 Å². The Balaban J connectivity index is 1.99. The third-order valence-electron chi connectivity index (χ3n) is 2.66. The zero-order valence-electron chi connectivity index (χ0n) is 7.68. The van der Waals surface area contributed by atoms with Crippen LogP contribution in [0.3, 0.4) is 0 Å². The van der Waals surface area contributed by atoms with E-state index in [0.717, 1.165) is 36.7 Å². The fourth-order valence-electron chi connectivity index (χ4n) is 1.91. The molecule has 14 heavy (non-hydrogen) atoms. The third kappa shape index (κ3) is 1.22. The first-order chi connectivity index (χ1) is 6.95. The van der Waals surface area contributed by atoms with E-state index in [1.807, 2.05) is 10.0 Å². The van der Waals surface area contributed by atoms with Crippen LogP contribution in [0.2, 0.25) is 0 Å². The topological polar surface area (TPSA) is 55.1 Å². The quantitative estimate of drug-likeness (QED) is 0.749. The van der Waals surface area contributed by atoms with Gasteiger partial charge in [0.1, 0.15) is 5.51 Å². The number of hydrogen-bond donors (Lipinski definition) is 1. The lowest BCUT2D eigenvalue weighted by Crippen LogP contribution is -2.27. The second-order valence-corrected chi connectivity index (χ2v) is 4.33. The highest BCUT2D eigenvalue weighted by atomic mass is 32.1. The summed E-state index contributed by atoms with van der Waals surface area (Å²) in [6, 6.07) is 0. The van der Waals surface area contributed by atoms with E-state index in [1.54, 1.807) is 0 Å². The van der Waals surface area contributed by atoms with Gasteiger partial charge in [-0.15, -0.1) is 10.2 Å². The van der Waals surface area contributed by atoms with Gasteiger partial charge in [-0.2, -0.15) is 9.61 Å². The average Bonchev–Trinajstić information content (AvgIpc) is 2.79. The second-order valence-electron chi connectivity index (χ2n) is 3.52. The highest BCUT2D eigenvalue weighted by Crippen LogP contribution is 2.24. The van der Waals surface area contributed by atoms with Gasteiger partial charge in [-0.1, -0.05) is 11.3 Å². The molecule has 5 nitrogen and oxygen atoms in total. The van der Waals surface area contributed by atoms with Gasteiger partial charge in [0.15, 0.2) is 5.82 Å². The van der Waals surface area contributed by atoms with Crippen LogP contribution in [0.25, 0.3) is 4.96 Å². The van der Waals surface area contributed by atoms with Gasteiger partial charge in [0.25, 0.3) is 0 Å². The molecular weight excluding hydrogens is 198 g/mol. The summed E-state index contributed by atoms with van der Waals surface area (Å²) in [6.07, 6.45) is 2.27. The molecular formula is C8H11N5S. The Morgan fingerprint density at radius 2 is 2.21 bits per heavy atom. The van der Waals surface area contributed by atoms with Crippen molar-refractivity contribution < 1.29 is 0 Å². The number of nitrogens with zero attached hydrogens (tertiary/aromatic N) is 4. The SMILES string of the molecule is c1nn2c(C3CCNCC3)nnc2s1. The van der Waals surface area contributed by atoms with Crippen LogP contribution in [-0.2, 0) is 0 Å². The van der Waals surface area contributed by atoms with Gasteiger partial charge in [0.05, 0.1) is 0 Å². The van der Waals surface area contributed by atoms with Crippen molar-refractivity contribution in [3.05, 3.63) is 11.3 Å². The smallest absolute Gasteiger partial charge is 0.234 e. The number of rotatable bonds is 1. The Labute approximate surface area is 85.2 Å². The minimum absolute atomic E-state index is 0.522. The van der Waals surface area contributed by atoms with Crippen molar-refractivity contribution in [3.8, 4) is 0 Å². The Kier molecular flexibility index (Phi) is 1.95. The molecule has 1 saturated heterocycles. The minimum Gasteiger partial charge on any atom is -0.317 e. The summed E-state index contributed by atoms with van der Waals surface area (Å²) in [6.45, 7) is 2.15. The van der Waals surface area contributed by atoms with Crippen LogP contribution in [0.4, 0.5) is 0 Å². The summed E-state index contributed by atoms with van der Waals surface area (Å²) in [7, 11) is 0. The van der Waals surface area contributed by atoms with E-state index in [9.17, 15) is 0 Å². The molecule has 0 bridgehead atoms. The fraction of sp³-hybridized carbons (Fsp3) is 0.625. The Morgan fingerprint density at radius 1 is 1.36 bits per heavy atom. The van der Waals surface area contributed by atoms with E-state index in [2.05, 4.69) is 20.6 Å². The van der Waals surface area contributed by atoms with Crippen molar-refractivity contribution in [2.75, 3.05) is 13.1 Å². The highest BCUT2D eigenvalue weighted by molar-refractivity contribution is 7.14. The van der Waals surface area contributed by atoms with E-state index < -0.39 is 0 Å². The molecule has 0 unspecified atom stereocenters. The van der Waals surface area contributed by atoms with E-state index in [1.165, 1.54) is 11.3 Å². The zero-order valence-corrected chi connectivity index (χ0v) is 8.50. The summed E-state index contributed by atoms with van der Waals surface area (Å²) in [5, 5.41) is 15.9. The van der Waals surface area contributed by atoms with Crippen molar-refractivity contribution in [1.82, 2.24) is 25.1 Å². The Morgan fingerprint density at radius 3 is 3.07 bits per heavy atom. The predicted octanol–water partition coefficient (Wildman–Crippen LogP) is 0.653. The first kappa shape index (κ1) is 8.31. The number of aromatic nitrogens is 4. The van der Waals surface area contributed by atoms with E-state index >= 15 is 0 Å². The van der Waals surface area contributed by atoms with Gasteiger partial charge in [0, 0.05) is 5.92 Å². The van der Waals surface area contributed by atoms with Gasteiger partial charge in [-0.05, 0) is 25.9 Å². The van der Waals surface area contributed by atoms with Gasteiger partial charge >= 0.3 is 0 Å². The second kappa shape index (κ2) is 3.29. The predicted molar refractivity (Wildman–Crippen MR) is 53.5 cm³/mol. The van der Waals surface area contributed by atoms with Crippen molar-refractivity contribution >= 4 is 16.3 Å². The van der Waals surface area contributed by atoms with Crippen LogP contribution in [0.5, 0.6) is 0 Å². The lowest BCUT2D eigenvalue weighted by molar-refractivity contribution is 0.439.